The zero-order valence-corrected chi connectivity index (χ0v) is 50.2. The molecule has 25 nitrogen and oxygen atoms in total. The second kappa shape index (κ2) is 28.6. The van der Waals surface area contributed by atoms with Crippen molar-refractivity contribution in [3.05, 3.63) is 131 Å². The normalized spacial score (nSPS) is 16.3. The summed E-state index contributed by atoms with van der Waals surface area (Å²) in [5, 5.41) is 47.0. The third kappa shape index (κ3) is 14.9. The van der Waals surface area contributed by atoms with E-state index in [1.807, 2.05) is 89.2 Å². The average Bonchev–Trinajstić information content (AvgIpc) is 4.52. The molecule has 2 aromatic carbocycles. The molecule has 0 amide bonds. The van der Waals surface area contributed by atoms with Crippen molar-refractivity contribution < 1.29 is 34.3 Å². The van der Waals surface area contributed by atoms with Crippen LogP contribution in [0.15, 0.2) is 104 Å². The number of nitrogens with two attached hydrogens (primary N) is 1. The fraction of sp³-hybridized carbons (Fsp3) is 0.368. The molecule has 0 radical (unpaired) electrons. The van der Waals surface area contributed by atoms with Crippen molar-refractivity contribution in [3.63, 3.8) is 0 Å². The van der Waals surface area contributed by atoms with Crippen LogP contribution in [0.25, 0.3) is 27.9 Å². The molecule has 85 heavy (non-hydrogen) atoms. The van der Waals surface area contributed by atoms with Gasteiger partial charge in [0.2, 0.25) is 22.3 Å². The number of hydrogen-bond acceptors (Lipinski definition) is 20. The number of anilines is 5. The predicted octanol–water partition coefficient (Wildman–Crippen LogP) is 7.41. The van der Waals surface area contributed by atoms with E-state index in [9.17, 15) is 5.11 Å². The van der Waals surface area contributed by atoms with Crippen molar-refractivity contribution in [3.8, 4) is 34.4 Å². The number of rotatable bonds is 13. The van der Waals surface area contributed by atoms with E-state index in [0.29, 0.717) is 58.4 Å². The number of nitrogens with zero attached hydrogens (tertiary/aromatic N) is 15. The Morgan fingerprint density at radius 1 is 0.624 bits per heavy atom. The predicted molar refractivity (Wildman–Crippen MR) is 327 cm³/mol. The SMILES string of the molecule is COc1cc(-n2cnc(N)c2)cc(OC)c1OC.COc1cc(-n2cnc(Nc3nc(N4CC[C@H](CO)C4)c4cccn4n3)c2)cc(C)c1C.Clc1nc(Cl)c2cccn2n1.OC[C@H]1CCN(c2nc(Cl)nn3cccc23)C1.OC[C@H]1CCNC1. The molecular formula is C57H69Cl3N18O7. The summed E-state index contributed by atoms with van der Waals surface area (Å²) in [6, 6.07) is 19.2. The monoisotopic (exact) mass is 1220 g/mol. The van der Waals surface area contributed by atoms with E-state index in [-0.39, 0.29) is 29.7 Å². The number of hydrogen-bond donors (Lipinski definition) is 6. The number of aliphatic hydroxyl groups is 3. The van der Waals surface area contributed by atoms with Gasteiger partial charge in [-0.05, 0) is 122 Å². The van der Waals surface area contributed by atoms with Gasteiger partial charge in [0, 0.05) is 101 Å². The highest BCUT2D eigenvalue weighted by molar-refractivity contribution is 6.34. The molecule has 13 rings (SSSR count). The average molecular weight is 1220 g/mol. The summed E-state index contributed by atoms with van der Waals surface area (Å²) < 4.78 is 30.2. The Labute approximate surface area is 505 Å². The van der Waals surface area contributed by atoms with Crippen LogP contribution in [-0.4, -0.2) is 166 Å². The number of aryl methyl sites for hydroxylation is 1. The summed E-state index contributed by atoms with van der Waals surface area (Å²) in [7, 11) is 6.39. The van der Waals surface area contributed by atoms with Crippen LogP contribution in [0, 0.1) is 31.6 Å². The van der Waals surface area contributed by atoms with Crippen molar-refractivity contribution in [2.24, 2.45) is 17.8 Å². The molecule has 3 atom stereocenters. The molecule has 0 unspecified atom stereocenters. The van der Waals surface area contributed by atoms with Gasteiger partial charge in [-0.3, -0.25) is 0 Å². The number of fused-ring (bicyclic) bond motifs is 3. The maximum Gasteiger partial charge on any atom is 0.248 e. The summed E-state index contributed by atoms with van der Waals surface area (Å²) in [5.41, 5.74) is 12.3. The summed E-state index contributed by atoms with van der Waals surface area (Å²) >= 11 is 17.2. The van der Waals surface area contributed by atoms with Gasteiger partial charge in [0.1, 0.15) is 40.8 Å². The molecule has 3 aliphatic heterocycles. The first-order valence-electron chi connectivity index (χ1n) is 27.4. The maximum absolute atomic E-state index is 9.52. The van der Waals surface area contributed by atoms with E-state index in [0.717, 1.165) is 115 Å². The van der Waals surface area contributed by atoms with Crippen molar-refractivity contribution in [2.75, 3.05) is 108 Å². The first-order chi connectivity index (χ1) is 41.2. The highest BCUT2D eigenvalue weighted by Gasteiger charge is 2.27. The van der Waals surface area contributed by atoms with Gasteiger partial charge >= 0.3 is 0 Å². The van der Waals surface area contributed by atoms with Crippen LogP contribution in [0.2, 0.25) is 15.7 Å². The Balaban J connectivity index is 0.000000139. The molecule has 3 saturated heterocycles. The number of benzene rings is 2. The molecule has 8 aromatic heterocycles. The van der Waals surface area contributed by atoms with Crippen LogP contribution in [0.1, 0.15) is 30.4 Å². The molecule has 3 fully saturated rings. The molecule has 3 aliphatic rings. The summed E-state index contributed by atoms with van der Waals surface area (Å²) in [4.78, 5) is 25.7. The lowest BCUT2D eigenvalue weighted by molar-refractivity contribution is 0.237. The van der Waals surface area contributed by atoms with Crippen molar-refractivity contribution in [1.82, 2.24) is 68.2 Å². The first kappa shape index (κ1) is 61.4. The fourth-order valence-corrected chi connectivity index (χ4v) is 10.5. The molecule has 11 heterocycles. The fourth-order valence-electron chi connectivity index (χ4n) is 9.93. The van der Waals surface area contributed by atoms with Crippen molar-refractivity contribution >= 4 is 80.6 Å². The highest BCUT2D eigenvalue weighted by atomic mass is 35.5. The van der Waals surface area contributed by atoms with Crippen LogP contribution < -0.4 is 45.1 Å². The molecule has 0 bridgehead atoms. The highest BCUT2D eigenvalue weighted by Crippen LogP contribution is 2.39. The number of halogens is 3. The molecule has 450 valence electrons. The van der Waals surface area contributed by atoms with E-state index >= 15 is 0 Å². The number of nitrogens with one attached hydrogen (secondary N) is 2. The van der Waals surface area contributed by atoms with Gasteiger partial charge in [-0.25, -0.2) is 28.5 Å². The lowest BCUT2D eigenvalue weighted by Crippen LogP contribution is -2.23. The van der Waals surface area contributed by atoms with Gasteiger partial charge in [-0.2, -0.15) is 9.97 Å². The number of aromatic nitrogens is 13. The maximum atomic E-state index is 9.52. The standard InChI is InChI=1S/C23H27N7O2.C12H15N3O3.C11H13ClN4O.C6H3Cl2N3.C5H11NO/c1-15-9-18(10-20(32-3)16(15)2)29-12-21(24-14-29)25-23-26-22(19-5-4-7-30(19)27-23)28-8-6-17(11-28)13-31;1-16-9-4-8(15-6-11(13)14-7-15)5-10(17-2)12(9)18-3;12-11-13-10(9-2-1-4-16(9)14-11)15-5-3-8(6-15)7-17;7-5-4-2-1-3-11(4)10-6(8)9-5;7-4-5-1-2-6-3-5/h4-5,7,9-10,12,14,17,31H,6,8,11,13H2,1-3H3,(H,25,27);4-7H,13H2,1-3H3;1-2,4,8,17H,3,5-7H2;1-3H;5-7H,1-4H2/t17-;;8-;;5-/m0.0.0/s1. The first-order valence-corrected chi connectivity index (χ1v) is 28.5. The largest absolute Gasteiger partial charge is 0.496 e. The minimum atomic E-state index is 0.152. The molecular weight excluding hydrogens is 1160 g/mol. The summed E-state index contributed by atoms with van der Waals surface area (Å²) in [6.45, 7) is 10.4. The molecule has 0 spiro atoms. The number of nitrogen functional groups attached to an aromatic ring is 1. The molecule has 7 N–H and O–H groups in total. The van der Waals surface area contributed by atoms with Crippen LogP contribution >= 0.6 is 34.8 Å². The van der Waals surface area contributed by atoms with Gasteiger partial charge in [-0.1, -0.05) is 11.6 Å². The van der Waals surface area contributed by atoms with Crippen LogP contribution in [-0.2, 0) is 0 Å². The van der Waals surface area contributed by atoms with Crippen LogP contribution in [0.4, 0.5) is 29.2 Å². The second-order valence-electron chi connectivity index (χ2n) is 20.2. The smallest absolute Gasteiger partial charge is 0.248 e. The lowest BCUT2D eigenvalue weighted by Gasteiger charge is -2.19. The third-order valence-corrected chi connectivity index (χ3v) is 15.2. The van der Waals surface area contributed by atoms with Gasteiger partial charge in [0.25, 0.3) is 0 Å². The van der Waals surface area contributed by atoms with E-state index in [1.54, 1.807) is 67.1 Å². The van der Waals surface area contributed by atoms with E-state index in [4.69, 9.17) is 74.7 Å². The van der Waals surface area contributed by atoms with Gasteiger partial charge in [-0.15, -0.1) is 15.3 Å². The summed E-state index contributed by atoms with van der Waals surface area (Å²) in [5.74, 6) is 7.00. The number of aliphatic hydroxyl groups excluding tert-OH is 3. The number of imidazole rings is 2. The minimum absolute atomic E-state index is 0.152. The Morgan fingerprint density at radius 2 is 1.15 bits per heavy atom. The molecule has 10 aromatic rings. The Hall–Kier alpha value is -8.17. The lowest BCUT2D eigenvalue weighted by atomic mass is 10.1. The summed E-state index contributed by atoms with van der Waals surface area (Å²) in [6.07, 6.45) is 15.6. The quantitative estimate of drug-likeness (QED) is 0.0655. The molecule has 0 saturated carbocycles. The topological polar surface area (TPSA) is 280 Å². The third-order valence-electron chi connectivity index (χ3n) is 14.6. The van der Waals surface area contributed by atoms with Crippen LogP contribution in [0.3, 0.4) is 0 Å². The number of methoxy groups -OCH3 is 4. The van der Waals surface area contributed by atoms with Crippen molar-refractivity contribution in [2.45, 2.75) is 33.1 Å². The second-order valence-corrected chi connectivity index (χ2v) is 21.3. The minimum Gasteiger partial charge on any atom is -0.496 e. The molecule has 0 aliphatic carbocycles. The van der Waals surface area contributed by atoms with E-state index in [1.165, 1.54) is 0 Å². The van der Waals surface area contributed by atoms with Crippen LogP contribution in [0.5, 0.6) is 23.0 Å². The zero-order chi connectivity index (χ0) is 60.1. The Bertz CT molecular complexity index is 3780. The zero-order valence-electron chi connectivity index (χ0n) is 47.9. The van der Waals surface area contributed by atoms with Crippen molar-refractivity contribution in [1.29, 1.82) is 0 Å². The van der Waals surface area contributed by atoms with Gasteiger partial charge < -0.3 is 69.6 Å². The van der Waals surface area contributed by atoms with Gasteiger partial charge in [0.05, 0.1) is 52.2 Å². The Morgan fingerprint density at radius 3 is 1.68 bits per heavy atom. The van der Waals surface area contributed by atoms with E-state index in [2.05, 4.69) is 68.7 Å². The Kier molecular flexibility index (Phi) is 20.7. The number of ether oxygens (including phenoxy) is 4. The van der Waals surface area contributed by atoms with E-state index < -0.39 is 0 Å². The molecule has 28 heteroatoms. The van der Waals surface area contributed by atoms with Gasteiger partial charge in [0.15, 0.2) is 34.1 Å².